The van der Waals surface area contributed by atoms with Gasteiger partial charge in [0.2, 0.25) is 0 Å². The van der Waals surface area contributed by atoms with Crippen molar-refractivity contribution in [2.45, 2.75) is 65.2 Å². The molecule has 0 atom stereocenters. The molecule has 16 heavy (non-hydrogen) atoms. The maximum absolute atomic E-state index is 11.7. The number of hydrogen-bond acceptors (Lipinski definition) is 2. The first kappa shape index (κ1) is 15.1. The van der Waals surface area contributed by atoms with Crippen LogP contribution in [0.2, 0.25) is 0 Å². The number of carbonyl (C=O) groups is 1. The Bertz CT molecular complexity index is 212. The summed E-state index contributed by atoms with van der Waals surface area (Å²) in [6, 6.07) is 0. The highest BCUT2D eigenvalue weighted by Crippen LogP contribution is 2.12. The average Bonchev–Trinajstić information content (AvgIpc) is 2.31. The van der Waals surface area contributed by atoms with Crippen molar-refractivity contribution in [3.05, 3.63) is 11.6 Å². The zero-order valence-corrected chi connectivity index (χ0v) is 10.4. The second-order valence-corrected chi connectivity index (χ2v) is 4.05. The van der Waals surface area contributed by atoms with Gasteiger partial charge in [0.25, 0.3) is 0 Å². The van der Waals surface area contributed by atoms with Crippen LogP contribution in [0.15, 0.2) is 11.6 Å². The van der Waals surface area contributed by atoms with Gasteiger partial charge in [-0.25, -0.2) is 9.74 Å². The fraction of sp³-hybridized carbons (Fsp3) is 0.769. The van der Waals surface area contributed by atoms with Gasteiger partial charge in [0.1, 0.15) is 0 Å². The molecule has 0 saturated heterocycles. The normalized spacial score (nSPS) is 11.6. The van der Waals surface area contributed by atoms with Crippen LogP contribution < -0.4 is 0 Å². The van der Waals surface area contributed by atoms with Crippen molar-refractivity contribution in [3.63, 3.8) is 0 Å². The Hall–Kier alpha value is -0.860. The van der Waals surface area contributed by atoms with Gasteiger partial charge in [-0.05, 0) is 19.3 Å². The van der Waals surface area contributed by atoms with E-state index in [4.69, 9.17) is 0 Å². The Morgan fingerprint density at radius 1 is 1.12 bits per heavy atom. The monoisotopic (exact) mass is 230 g/mol. The lowest BCUT2D eigenvalue weighted by Gasteiger charge is -2.01. The molecule has 0 amide bonds. The highest BCUT2D eigenvalue weighted by Gasteiger charge is 2.09. The first-order valence-electron chi connectivity index (χ1n) is 6.28. The van der Waals surface area contributed by atoms with Crippen molar-refractivity contribution in [3.8, 4) is 0 Å². The molecule has 0 N–H and O–H groups in total. The van der Waals surface area contributed by atoms with Gasteiger partial charge in [-0.15, -0.1) is 0 Å². The first-order chi connectivity index (χ1) is 7.76. The quantitative estimate of drug-likeness (QED) is 0.430. The Balaban J connectivity index is 3.81. The predicted octanol–water partition coefficient (Wildman–Crippen LogP) is 4.50. The van der Waals surface area contributed by atoms with E-state index in [1.807, 2.05) is 13.0 Å². The highest BCUT2D eigenvalue weighted by molar-refractivity contribution is 5.87. The number of unbranched alkanes of at least 4 members (excludes halogenated alkanes) is 5. The van der Waals surface area contributed by atoms with Crippen LogP contribution >= 0.6 is 0 Å². The van der Waals surface area contributed by atoms with Crippen molar-refractivity contribution < 1.29 is 14.3 Å². The molecular weight excluding hydrogens is 207 g/mol. The third-order valence-electron chi connectivity index (χ3n) is 2.55. The Morgan fingerprint density at radius 3 is 2.38 bits per heavy atom. The molecule has 0 saturated carbocycles. The van der Waals surface area contributed by atoms with Gasteiger partial charge >= 0.3 is 5.97 Å². The number of halogens is 1. The van der Waals surface area contributed by atoms with Crippen LogP contribution in [0, 0.1) is 0 Å². The van der Waals surface area contributed by atoms with Crippen LogP contribution in [0.5, 0.6) is 0 Å². The van der Waals surface area contributed by atoms with E-state index in [-0.39, 0.29) is 0 Å². The standard InChI is InChI=1S/C13H23FO2/c1-3-5-6-7-8-9-11-12(10-4-2)13(15)16-14/h11H,3-10H2,1-2H3. The zero-order valence-electron chi connectivity index (χ0n) is 10.4. The van der Waals surface area contributed by atoms with E-state index in [1.54, 1.807) is 0 Å². The van der Waals surface area contributed by atoms with Gasteiger partial charge in [0, 0.05) is 10.1 Å². The Morgan fingerprint density at radius 2 is 1.81 bits per heavy atom. The molecule has 94 valence electrons. The number of allylic oxidation sites excluding steroid dienone is 1. The smallest absolute Gasteiger partial charge is 0.250 e. The molecule has 0 aromatic carbocycles. The largest absolute Gasteiger partial charge is 0.375 e. The van der Waals surface area contributed by atoms with Crippen molar-refractivity contribution >= 4 is 5.97 Å². The van der Waals surface area contributed by atoms with Crippen LogP contribution in [-0.2, 0) is 9.74 Å². The fourth-order valence-corrected chi connectivity index (χ4v) is 1.63. The summed E-state index contributed by atoms with van der Waals surface area (Å²) in [5.41, 5.74) is 0.473. The molecule has 0 radical (unpaired) electrons. The van der Waals surface area contributed by atoms with Gasteiger partial charge in [-0.2, -0.15) is 0 Å². The molecule has 0 aliphatic rings. The lowest BCUT2D eigenvalue weighted by Crippen LogP contribution is -2.02. The first-order valence-corrected chi connectivity index (χ1v) is 6.28. The van der Waals surface area contributed by atoms with E-state index < -0.39 is 5.97 Å². The third kappa shape index (κ3) is 7.43. The molecule has 3 heteroatoms. The van der Waals surface area contributed by atoms with Crippen LogP contribution in [0.4, 0.5) is 4.53 Å². The second kappa shape index (κ2) is 10.7. The van der Waals surface area contributed by atoms with Crippen LogP contribution in [0.25, 0.3) is 0 Å². The maximum Gasteiger partial charge on any atom is 0.375 e. The molecule has 0 aromatic rings. The molecule has 0 aliphatic heterocycles. The third-order valence-corrected chi connectivity index (χ3v) is 2.55. The summed E-state index contributed by atoms with van der Waals surface area (Å²) < 4.78 is 11.7. The molecule has 0 fully saturated rings. The summed E-state index contributed by atoms with van der Waals surface area (Å²) in [6.45, 7) is 4.14. The summed E-state index contributed by atoms with van der Waals surface area (Å²) in [7, 11) is 0. The lowest BCUT2D eigenvalue weighted by atomic mass is 10.1. The zero-order chi connectivity index (χ0) is 12.2. The van der Waals surface area contributed by atoms with Gasteiger partial charge in [0.15, 0.2) is 0 Å². The summed E-state index contributed by atoms with van der Waals surface area (Å²) in [4.78, 5) is 14.3. The number of hydrogen-bond donors (Lipinski definition) is 0. The Kier molecular flexibility index (Phi) is 10.1. The molecule has 0 aliphatic carbocycles. The van der Waals surface area contributed by atoms with E-state index in [9.17, 15) is 9.32 Å². The minimum Gasteiger partial charge on any atom is -0.250 e. The predicted molar refractivity (Wildman–Crippen MR) is 63.6 cm³/mol. The minimum absolute atomic E-state index is 0.473. The van der Waals surface area contributed by atoms with E-state index in [1.165, 1.54) is 25.7 Å². The SMILES string of the molecule is CCCCCCCC=C(CCC)C(=O)OF. The van der Waals surface area contributed by atoms with Gasteiger partial charge in [-0.3, -0.25) is 0 Å². The van der Waals surface area contributed by atoms with E-state index >= 15 is 0 Å². The van der Waals surface area contributed by atoms with Crippen molar-refractivity contribution in [1.82, 2.24) is 0 Å². The Labute approximate surface area is 97.8 Å². The molecule has 0 unspecified atom stereocenters. The van der Waals surface area contributed by atoms with Crippen LogP contribution in [0.3, 0.4) is 0 Å². The van der Waals surface area contributed by atoms with E-state index in [2.05, 4.69) is 11.9 Å². The van der Waals surface area contributed by atoms with Gasteiger partial charge in [0.05, 0.1) is 0 Å². The second-order valence-electron chi connectivity index (χ2n) is 4.05. The summed E-state index contributed by atoms with van der Waals surface area (Å²) in [6.07, 6.45) is 10.0. The topological polar surface area (TPSA) is 26.3 Å². The van der Waals surface area contributed by atoms with E-state index in [0.717, 1.165) is 19.3 Å². The molecule has 0 spiro atoms. The molecule has 0 heterocycles. The number of carbonyl (C=O) groups excluding carboxylic acids is 1. The molecule has 0 aromatic heterocycles. The fourth-order valence-electron chi connectivity index (χ4n) is 1.63. The van der Waals surface area contributed by atoms with Crippen molar-refractivity contribution in [1.29, 1.82) is 0 Å². The van der Waals surface area contributed by atoms with Crippen LogP contribution in [-0.4, -0.2) is 5.97 Å². The molecule has 2 nitrogen and oxygen atoms in total. The summed E-state index contributed by atoms with van der Waals surface area (Å²) in [5, 5.41) is 0. The van der Waals surface area contributed by atoms with Gasteiger partial charge in [-0.1, -0.05) is 52.0 Å². The average molecular weight is 230 g/mol. The van der Waals surface area contributed by atoms with Crippen molar-refractivity contribution in [2.75, 3.05) is 0 Å². The van der Waals surface area contributed by atoms with Gasteiger partial charge < -0.3 is 0 Å². The summed E-state index contributed by atoms with van der Waals surface area (Å²) >= 11 is 0. The highest BCUT2D eigenvalue weighted by atomic mass is 19.3. The lowest BCUT2D eigenvalue weighted by molar-refractivity contribution is -0.178. The minimum atomic E-state index is -0.824. The molecule has 0 rings (SSSR count). The maximum atomic E-state index is 11.7. The molecule has 0 bridgehead atoms. The van der Waals surface area contributed by atoms with E-state index in [0.29, 0.717) is 12.0 Å². The molecular formula is C13H23FO2. The summed E-state index contributed by atoms with van der Waals surface area (Å²) in [5.74, 6) is -0.824. The van der Waals surface area contributed by atoms with Crippen LogP contribution in [0.1, 0.15) is 65.2 Å². The van der Waals surface area contributed by atoms with Crippen molar-refractivity contribution in [2.24, 2.45) is 0 Å². The number of rotatable bonds is 9.